The minimum atomic E-state index is 0.810. The minimum absolute atomic E-state index is 0.810. The van der Waals surface area contributed by atoms with Crippen LogP contribution in [0.25, 0.3) is 5.65 Å². The normalized spacial score (nSPS) is 10.6. The summed E-state index contributed by atoms with van der Waals surface area (Å²) in [5.41, 5.74) is 1.89. The van der Waals surface area contributed by atoms with Crippen molar-refractivity contribution in [1.82, 2.24) is 19.8 Å². The molecule has 0 atom stereocenters. The number of aromatic nitrogens is 4. The highest BCUT2D eigenvalue weighted by Gasteiger charge is 1.98. The van der Waals surface area contributed by atoms with Crippen LogP contribution >= 0.6 is 0 Å². The highest BCUT2D eigenvalue weighted by Crippen LogP contribution is 2.00. The van der Waals surface area contributed by atoms with Crippen molar-refractivity contribution in [2.75, 3.05) is 0 Å². The Balaban J connectivity index is 2.79. The molecule has 11 heavy (non-hydrogen) atoms. The zero-order valence-electron chi connectivity index (χ0n) is 6.23. The lowest BCUT2D eigenvalue weighted by Gasteiger charge is -1.97. The zero-order chi connectivity index (χ0) is 7.68. The third-order valence-corrected chi connectivity index (χ3v) is 1.62. The maximum Gasteiger partial charge on any atom is 0.177 e. The Bertz CT molecular complexity index is 365. The van der Waals surface area contributed by atoms with Gasteiger partial charge in [0.25, 0.3) is 0 Å². The van der Waals surface area contributed by atoms with Gasteiger partial charge in [0.15, 0.2) is 5.65 Å². The predicted molar refractivity (Wildman–Crippen MR) is 40.2 cm³/mol. The van der Waals surface area contributed by atoms with Gasteiger partial charge in [-0.05, 0) is 6.42 Å². The molecule has 4 heteroatoms. The van der Waals surface area contributed by atoms with E-state index >= 15 is 0 Å². The summed E-state index contributed by atoms with van der Waals surface area (Å²) in [7, 11) is 0. The Labute approximate surface area is 63.9 Å². The average molecular weight is 148 g/mol. The first-order valence-corrected chi connectivity index (χ1v) is 3.56. The summed E-state index contributed by atoms with van der Waals surface area (Å²) in [6.45, 7) is 2.07. The summed E-state index contributed by atoms with van der Waals surface area (Å²) < 4.78 is 1.80. The molecule has 0 unspecified atom stereocenters. The average Bonchev–Trinajstić information content (AvgIpc) is 2.50. The van der Waals surface area contributed by atoms with Crippen LogP contribution in [0.5, 0.6) is 0 Å². The van der Waals surface area contributed by atoms with Crippen LogP contribution in [0.1, 0.15) is 12.6 Å². The summed E-state index contributed by atoms with van der Waals surface area (Å²) >= 11 is 0. The van der Waals surface area contributed by atoms with Crippen molar-refractivity contribution in [3.63, 3.8) is 0 Å². The van der Waals surface area contributed by atoms with E-state index in [0.717, 1.165) is 17.8 Å². The molecule has 4 nitrogen and oxygen atoms in total. The van der Waals surface area contributed by atoms with Crippen molar-refractivity contribution in [2.24, 2.45) is 0 Å². The van der Waals surface area contributed by atoms with Gasteiger partial charge in [0.2, 0.25) is 0 Å². The number of aryl methyl sites for hydroxylation is 1. The van der Waals surface area contributed by atoms with E-state index in [0.29, 0.717) is 0 Å². The molecular weight excluding hydrogens is 140 g/mol. The topological polar surface area (TPSA) is 43.1 Å². The molecule has 2 aromatic heterocycles. The lowest BCUT2D eigenvalue weighted by atomic mass is 10.4. The molecule has 0 saturated heterocycles. The Morgan fingerprint density at radius 3 is 3.27 bits per heavy atom. The van der Waals surface area contributed by atoms with Crippen LogP contribution in [0.4, 0.5) is 0 Å². The van der Waals surface area contributed by atoms with Gasteiger partial charge < -0.3 is 0 Å². The van der Waals surface area contributed by atoms with E-state index in [1.165, 1.54) is 0 Å². The molecule has 0 fully saturated rings. The number of rotatable bonds is 1. The van der Waals surface area contributed by atoms with Gasteiger partial charge in [-0.15, -0.1) is 5.10 Å². The Morgan fingerprint density at radius 2 is 2.45 bits per heavy atom. The van der Waals surface area contributed by atoms with Crippen LogP contribution in [0.3, 0.4) is 0 Å². The Morgan fingerprint density at radius 1 is 1.55 bits per heavy atom. The fourth-order valence-corrected chi connectivity index (χ4v) is 1.04. The Hall–Kier alpha value is -1.45. The largest absolute Gasteiger partial charge is 0.216 e. The first kappa shape index (κ1) is 6.27. The third kappa shape index (κ3) is 0.869. The molecule has 0 aliphatic carbocycles. The fraction of sp³-hybridized carbons (Fsp3) is 0.286. The molecule has 2 rings (SSSR count). The zero-order valence-corrected chi connectivity index (χ0v) is 6.23. The number of nitrogens with zero attached hydrogens (tertiary/aromatic N) is 4. The molecule has 0 aliphatic rings. The molecule has 2 heterocycles. The van der Waals surface area contributed by atoms with Crippen molar-refractivity contribution in [1.29, 1.82) is 0 Å². The van der Waals surface area contributed by atoms with Crippen LogP contribution in [-0.4, -0.2) is 19.8 Å². The standard InChI is InChI=1S/C7H8N4/c1-2-6-5-8-10-7-3-4-9-11(6)7/h3-5H,2H2,1H3. The van der Waals surface area contributed by atoms with Crippen molar-refractivity contribution < 1.29 is 0 Å². The predicted octanol–water partition coefficient (Wildman–Crippen LogP) is 0.687. The minimum Gasteiger partial charge on any atom is -0.216 e. The van der Waals surface area contributed by atoms with Gasteiger partial charge in [0.1, 0.15) is 0 Å². The van der Waals surface area contributed by atoms with E-state index in [-0.39, 0.29) is 0 Å². The SMILES string of the molecule is CCc1cnnc2ccnn12. The lowest BCUT2D eigenvalue weighted by Crippen LogP contribution is -1.99. The molecule has 0 N–H and O–H groups in total. The molecule has 0 saturated carbocycles. The van der Waals surface area contributed by atoms with Crippen LogP contribution in [0.15, 0.2) is 18.5 Å². The van der Waals surface area contributed by atoms with Gasteiger partial charge in [-0.25, -0.2) is 4.52 Å². The van der Waals surface area contributed by atoms with E-state index in [9.17, 15) is 0 Å². The first-order chi connectivity index (χ1) is 5.42. The monoisotopic (exact) mass is 148 g/mol. The van der Waals surface area contributed by atoms with Crippen LogP contribution in [-0.2, 0) is 6.42 Å². The second-order valence-electron chi connectivity index (χ2n) is 2.29. The van der Waals surface area contributed by atoms with Crippen molar-refractivity contribution in [2.45, 2.75) is 13.3 Å². The van der Waals surface area contributed by atoms with E-state index in [1.54, 1.807) is 16.9 Å². The molecule has 0 amide bonds. The quantitative estimate of drug-likeness (QED) is 0.597. The van der Waals surface area contributed by atoms with Crippen LogP contribution in [0, 0.1) is 0 Å². The first-order valence-electron chi connectivity index (χ1n) is 3.56. The van der Waals surface area contributed by atoms with Crippen LogP contribution in [0.2, 0.25) is 0 Å². The number of hydrogen-bond donors (Lipinski definition) is 0. The highest BCUT2D eigenvalue weighted by atomic mass is 15.3. The molecule has 56 valence electrons. The van der Waals surface area contributed by atoms with Crippen molar-refractivity contribution in [3.05, 3.63) is 24.2 Å². The maximum atomic E-state index is 4.10. The van der Waals surface area contributed by atoms with Gasteiger partial charge in [0.05, 0.1) is 18.1 Å². The highest BCUT2D eigenvalue weighted by molar-refractivity contribution is 5.34. The van der Waals surface area contributed by atoms with E-state index < -0.39 is 0 Å². The van der Waals surface area contributed by atoms with Gasteiger partial charge in [-0.3, -0.25) is 0 Å². The van der Waals surface area contributed by atoms with Gasteiger partial charge in [0, 0.05) is 6.07 Å². The summed E-state index contributed by atoms with van der Waals surface area (Å²) in [5, 5.41) is 11.8. The summed E-state index contributed by atoms with van der Waals surface area (Å²) in [6, 6.07) is 1.84. The fourth-order valence-electron chi connectivity index (χ4n) is 1.04. The molecule has 0 spiro atoms. The smallest absolute Gasteiger partial charge is 0.177 e. The second kappa shape index (κ2) is 2.30. The second-order valence-corrected chi connectivity index (χ2v) is 2.29. The van der Waals surface area contributed by atoms with E-state index in [4.69, 9.17) is 0 Å². The molecule has 2 aromatic rings. The Kier molecular flexibility index (Phi) is 1.31. The molecule has 0 aromatic carbocycles. The summed E-state index contributed by atoms with van der Waals surface area (Å²) in [5.74, 6) is 0. The summed E-state index contributed by atoms with van der Waals surface area (Å²) in [4.78, 5) is 0. The van der Waals surface area contributed by atoms with Gasteiger partial charge >= 0.3 is 0 Å². The van der Waals surface area contributed by atoms with Crippen molar-refractivity contribution in [3.8, 4) is 0 Å². The van der Waals surface area contributed by atoms with Crippen molar-refractivity contribution >= 4 is 5.65 Å². The van der Waals surface area contributed by atoms with Crippen LogP contribution < -0.4 is 0 Å². The maximum absolute atomic E-state index is 4.10. The molecular formula is C7H8N4. The lowest BCUT2D eigenvalue weighted by molar-refractivity contribution is 0.812. The molecule has 0 bridgehead atoms. The van der Waals surface area contributed by atoms with E-state index in [2.05, 4.69) is 22.2 Å². The third-order valence-electron chi connectivity index (χ3n) is 1.62. The van der Waals surface area contributed by atoms with Gasteiger partial charge in [-0.2, -0.15) is 10.2 Å². The van der Waals surface area contributed by atoms with Gasteiger partial charge in [-0.1, -0.05) is 6.92 Å². The van der Waals surface area contributed by atoms with E-state index in [1.807, 2.05) is 6.07 Å². The number of hydrogen-bond acceptors (Lipinski definition) is 3. The molecule has 0 aliphatic heterocycles. The molecule has 0 radical (unpaired) electrons. The summed E-state index contributed by atoms with van der Waals surface area (Å²) in [6.07, 6.45) is 4.39. The number of fused-ring (bicyclic) bond motifs is 1.